The molecule has 130 valence electrons. The molecular weight excluding hydrogens is 316 g/mol. The third-order valence-corrected chi connectivity index (χ3v) is 4.39. The maximum absolute atomic E-state index is 12.6. The van der Waals surface area contributed by atoms with E-state index in [1.165, 1.54) is 4.90 Å². The van der Waals surface area contributed by atoms with Crippen LogP contribution >= 0.6 is 0 Å². The number of carbonyl (C=O) groups is 2. The Bertz CT molecular complexity index is 721. The average Bonchev–Trinajstić information content (AvgIpc) is 3.08. The minimum Gasteiger partial charge on any atom is -0.336 e. The summed E-state index contributed by atoms with van der Waals surface area (Å²) in [5, 5.41) is 2.67. The number of imide groups is 1. The SMILES string of the molecule is CC(c1ccccn1)N(CC(=O)N1CCNC1=O)Cc1ccccc1. The molecule has 0 radical (unpaired) electrons. The number of rotatable bonds is 6. The van der Waals surface area contributed by atoms with Crippen LogP contribution in [0.15, 0.2) is 54.7 Å². The van der Waals surface area contributed by atoms with Gasteiger partial charge in [-0.3, -0.25) is 19.6 Å². The zero-order valence-corrected chi connectivity index (χ0v) is 14.3. The fraction of sp³-hybridized carbons (Fsp3) is 0.316. The molecule has 3 rings (SSSR count). The molecule has 1 fully saturated rings. The second-order valence-electron chi connectivity index (χ2n) is 6.10. The molecule has 1 saturated heterocycles. The molecule has 1 atom stereocenters. The van der Waals surface area contributed by atoms with Gasteiger partial charge in [-0.25, -0.2) is 4.79 Å². The van der Waals surface area contributed by atoms with Crippen molar-refractivity contribution >= 4 is 11.9 Å². The minimum absolute atomic E-state index is 0.0454. The number of pyridine rings is 1. The Morgan fingerprint density at radius 2 is 2.00 bits per heavy atom. The third kappa shape index (κ3) is 4.22. The van der Waals surface area contributed by atoms with Gasteiger partial charge in [0.25, 0.3) is 0 Å². The van der Waals surface area contributed by atoms with Gasteiger partial charge in [-0.15, -0.1) is 0 Å². The highest BCUT2D eigenvalue weighted by atomic mass is 16.2. The highest BCUT2D eigenvalue weighted by Crippen LogP contribution is 2.21. The van der Waals surface area contributed by atoms with Gasteiger partial charge < -0.3 is 5.32 Å². The van der Waals surface area contributed by atoms with E-state index in [0.717, 1.165) is 11.3 Å². The van der Waals surface area contributed by atoms with Crippen molar-refractivity contribution in [3.05, 3.63) is 66.0 Å². The lowest BCUT2D eigenvalue weighted by molar-refractivity contribution is -0.129. The number of amides is 3. The van der Waals surface area contributed by atoms with Crippen molar-refractivity contribution in [2.45, 2.75) is 19.5 Å². The van der Waals surface area contributed by atoms with Gasteiger partial charge in [-0.1, -0.05) is 36.4 Å². The second kappa shape index (κ2) is 7.90. The van der Waals surface area contributed by atoms with E-state index >= 15 is 0 Å². The lowest BCUT2D eigenvalue weighted by Crippen LogP contribution is -2.42. The van der Waals surface area contributed by atoms with Crippen molar-refractivity contribution in [3.63, 3.8) is 0 Å². The molecule has 6 nitrogen and oxygen atoms in total. The normalized spacial score (nSPS) is 15.3. The highest BCUT2D eigenvalue weighted by Gasteiger charge is 2.29. The van der Waals surface area contributed by atoms with E-state index in [0.29, 0.717) is 19.6 Å². The van der Waals surface area contributed by atoms with Gasteiger partial charge in [0.15, 0.2) is 0 Å². The highest BCUT2D eigenvalue weighted by molar-refractivity contribution is 5.96. The molecule has 1 aliphatic rings. The summed E-state index contributed by atoms with van der Waals surface area (Å²) in [6.07, 6.45) is 1.75. The van der Waals surface area contributed by atoms with Crippen LogP contribution in [0.3, 0.4) is 0 Å². The Balaban J connectivity index is 1.78. The fourth-order valence-corrected chi connectivity index (χ4v) is 2.93. The molecule has 0 bridgehead atoms. The summed E-state index contributed by atoms with van der Waals surface area (Å²) in [6.45, 7) is 3.75. The molecule has 0 saturated carbocycles. The molecule has 6 heteroatoms. The molecule has 0 spiro atoms. The zero-order chi connectivity index (χ0) is 17.6. The van der Waals surface area contributed by atoms with E-state index in [1.54, 1.807) is 6.20 Å². The standard InChI is InChI=1S/C19H22N4O2/c1-15(17-9-5-6-10-20-17)22(13-16-7-3-2-4-8-16)14-18(24)23-12-11-21-19(23)25/h2-10,15H,11-14H2,1H3,(H,21,25). The van der Waals surface area contributed by atoms with Crippen LogP contribution in [-0.2, 0) is 11.3 Å². The third-order valence-electron chi connectivity index (χ3n) is 4.39. The van der Waals surface area contributed by atoms with E-state index in [-0.39, 0.29) is 24.5 Å². The molecule has 1 aromatic heterocycles. The number of nitrogens with one attached hydrogen (secondary N) is 1. The van der Waals surface area contributed by atoms with E-state index in [2.05, 4.69) is 10.3 Å². The number of carbonyl (C=O) groups excluding carboxylic acids is 2. The van der Waals surface area contributed by atoms with Crippen molar-refractivity contribution in [3.8, 4) is 0 Å². The Hall–Kier alpha value is -2.73. The van der Waals surface area contributed by atoms with Crippen molar-refractivity contribution in [2.75, 3.05) is 19.6 Å². The first kappa shape index (κ1) is 17.1. The molecule has 3 amide bonds. The van der Waals surface area contributed by atoms with Crippen LogP contribution < -0.4 is 5.32 Å². The quantitative estimate of drug-likeness (QED) is 0.877. The second-order valence-corrected chi connectivity index (χ2v) is 6.10. The van der Waals surface area contributed by atoms with Gasteiger partial charge in [0, 0.05) is 25.8 Å². The zero-order valence-electron chi connectivity index (χ0n) is 14.3. The molecule has 1 aromatic carbocycles. The molecule has 1 unspecified atom stereocenters. The monoisotopic (exact) mass is 338 g/mol. The van der Waals surface area contributed by atoms with Gasteiger partial charge in [0.05, 0.1) is 18.3 Å². The summed E-state index contributed by atoms with van der Waals surface area (Å²) < 4.78 is 0. The molecule has 0 aliphatic carbocycles. The number of aromatic nitrogens is 1. The summed E-state index contributed by atoms with van der Waals surface area (Å²) in [6, 6.07) is 15.4. The van der Waals surface area contributed by atoms with Crippen molar-refractivity contribution < 1.29 is 9.59 Å². The lowest BCUT2D eigenvalue weighted by Gasteiger charge is -2.29. The van der Waals surface area contributed by atoms with Crippen LogP contribution in [0.5, 0.6) is 0 Å². The lowest BCUT2D eigenvalue weighted by atomic mass is 10.1. The van der Waals surface area contributed by atoms with Gasteiger partial charge in [0.2, 0.25) is 5.91 Å². The first-order chi connectivity index (χ1) is 12.1. The molecule has 2 heterocycles. The molecule has 1 aliphatic heterocycles. The largest absolute Gasteiger partial charge is 0.336 e. The van der Waals surface area contributed by atoms with Gasteiger partial charge in [-0.05, 0) is 24.6 Å². The van der Waals surface area contributed by atoms with E-state index in [1.807, 2.05) is 60.4 Å². The fourth-order valence-electron chi connectivity index (χ4n) is 2.93. The predicted octanol–water partition coefficient (Wildman–Crippen LogP) is 2.20. The Kier molecular flexibility index (Phi) is 5.40. The first-order valence-corrected chi connectivity index (χ1v) is 8.42. The van der Waals surface area contributed by atoms with Crippen LogP contribution in [0, 0.1) is 0 Å². The summed E-state index contributed by atoms with van der Waals surface area (Å²) in [4.78, 5) is 32.1. The Morgan fingerprint density at radius 1 is 1.24 bits per heavy atom. The number of nitrogens with zero attached hydrogens (tertiary/aromatic N) is 3. The predicted molar refractivity (Wildman–Crippen MR) is 94.6 cm³/mol. The molecule has 2 aromatic rings. The Labute approximate surface area is 147 Å². The topological polar surface area (TPSA) is 65.5 Å². The molecular formula is C19H22N4O2. The maximum Gasteiger partial charge on any atom is 0.324 e. The van der Waals surface area contributed by atoms with Crippen LogP contribution in [0.25, 0.3) is 0 Å². The molecule has 1 N–H and O–H groups in total. The van der Waals surface area contributed by atoms with Crippen molar-refractivity contribution in [2.24, 2.45) is 0 Å². The van der Waals surface area contributed by atoms with Crippen LogP contribution in [0.2, 0.25) is 0 Å². The smallest absolute Gasteiger partial charge is 0.324 e. The number of urea groups is 1. The van der Waals surface area contributed by atoms with E-state index in [4.69, 9.17) is 0 Å². The van der Waals surface area contributed by atoms with Gasteiger partial charge in [-0.2, -0.15) is 0 Å². The number of benzene rings is 1. The molecule has 25 heavy (non-hydrogen) atoms. The van der Waals surface area contributed by atoms with E-state index in [9.17, 15) is 9.59 Å². The van der Waals surface area contributed by atoms with Crippen molar-refractivity contribution in [1.29, 1.82) is 0 Å². The summed E-state index contributed by atoms with van der Waals surface area (Å²) in [7, 11) is 0. The number of hydrogen-bond donors (Lipinski definition) is 1. The summed E-state index contributed by atoms with van der Waals surface area (Å²) >= 11 is 0. The van der Waals surface area contributed by atoms with Crippen molar-refractivity contribution in [1.82, 2.24) is 20.1 Å². The summed E-state index contributed by atoms with van der Waals surface area (Å²) in [5.41, 5.74) is 2.01. The van der Waals surface area contributed by atoms with E-state index < -0.39 is 0 Å². The number of hydrogen-bond acceptors (Lipinski definition) is 4. The average molecular weight is 338 g/mol. The van der Waals surface area contributed by atoms with Gasteiger partial charge in [0.1, 0.15) is 0 Å². The summed E-state index contributed by atoms with van der Waals surface area (Å²) in [5.74, 6) is -0.186. The first-order valence-electron chi connectivity index (χ1n) is 8.42. The Morgan fingerprint density at radius 3 is 2.64 bits per heavy atom. The van der Waals surface area contributed by atoms with Gasteiger partial charge >= 0.3 is 6.03 Å². The van der Waals surface area contributed by atoms with Crippen LogP contribution in [0.1, 0.15) is 24.2 Å². The van der Waals surface area contributed by atoms with Crippen LogP contribution in [-0.4, -0.2) is 46.4 Å². The van der Waals surface area contributed by atoms with Crippen LogP contribution in [0.4, 0.5) is 4.79 Å². The maximum atomic E-state index is 12.6. The minimum atomic E-state index is -0.310.